The molecule has 78 valence electrons. The SMILES string of the molecule is CC1=CC(=O)C[C@]1(C)c1cccc(C)c1. The summed E-state index contributed by atoms with van der Waals surface area (Å²) in [6.45, 7) is 6.29. The molecule has 0 N–H and O–H groups in total. The number of benzene rings is 1. The van der Waals surface area contributed by atoms with Crippen molar-refractivity contribution >= 4 is 5.78 Å². The molecule has 1 aromatic rings. The maximum atomic E-state index is 11.5. The number of carbonyl (C=O) groups excluding carboxylic acids is 1. The number of allylic oxidation sites excluding steroid dienone is 2. The lowest BCUT2D eigenvalue weighted by Crippen LogP contribution is -2.21. The van der Waals surface area contributed by atoms with Crippen molar-refractivity contribution < 1.29 is 4.79 Å². The second-order valence-corrected chi connectivity index (χ2v) is 4.67. The zero-order chi connectivity index (χ0) is 11.1. The molecule has 0 saturated carbocycles. The summed E-state index contributed by atoms with van der Waals surface area (Å²) in [6.07, 6.45) is 2.39. The summed E-state index contributed by atoms with van der Waals surface area (Å²) in [4.78, 5) is 11.5. The molecule has 1 nitrogen and oxygen atoms in total. The van der Waals surface area contributed by atoms with E-state index in [-0.39, 0.29) is 11.2 Å². The monoisotopic (exact) mass is 200 g/mol. The Morgan fingerprint density at radius 2 is 2.00 bits per heavy atom. The third-order valence-corrected chi connectivity index (χ3v) is 3.43. The summed E-state index contributed by atoms with van der Waals surface area (Å²) in [5.41, 5.74) is 3.60. The van der Waals surface area contributed by atoms with E-state index in [1.807, 2.05) is 6.92 Å². The predicted molar refractivity (Wildman–Crippen MR) is 61.9 cm³/mol. The van der Waals surface area contributed by atoms with Crippen LogP contribution in [0.4, 0.5) is 0 Å². The van der Waals surface area contributed by atoms with Crippen molar-refractivity contribution in [1.29, 1.82) is 0 Å². The topological polar surface area (TPSA) is 17.1 Å². The Balaban J connectivity index is 2.47. The van der Waals surface area contributed by atoms with Gasteiger partial charge in [0.15, 0.2) is 5.78 Å². The van der Waals surface area contributed by atoms with E-state index < -0.39 is 0 Å². The van der Waals surface area contributed by atoms with Crippen LogP contribution in [0, 0.1) is 6.92 Å². The minimum Gasteiger partial charge on any atom is -0.295 e. The molecule has 1 heteroatoms. The fraction of sp³-hybridized carbons (Fsp3) is 0.357. The summed E-state index contributed by atoms with van der Waals surface area (Å²) >= 11 is 0. The molecule has 0 saturated heterocycles. The molecule has 1 aliphatic rings. The Morgan fingerprint density at radius 1 is 1.27 bits per heavy atom. The first-order chi connectivity index (χ1) is 7.02. The van der Waals surface area contributed by atoms with E-state index in [0.29, 0.717) is 6.42 Å². The van der Waals surface area contributed by atoms with Gasteiger partial charge in [-0.05, 0) is 25.5 Å². The molecular weight excluding hydrogens is 184 g/mol. The van der Waals surface area contributed by atoms with Crippen molar-refractivity contribution in [3.05, 3.63) is 47.0 Å². The van der Waals surface area contributed by atoms with Gasteiger partial charge in [0.1, 0.15) is 0 Å². The normalized spacial score (nSPS) is 25.5. The van der Waals surface area contributed by atoms with E-state index in [1.165, 1.54) is 16.7 Å². The molecule has 0 spiro atoms. The smallest absolute Gasteiger partial charge is 0.156 e. The average Bonchev–Trinajstić information content (AvgIpc) is 2.42. The zero-order valence-electron chi connectivity index (χ0n) is 9.50. The van der Waals surface area contributed by atoms with Crippen LogP contribution < -0.4 is 0 Å². The maximum absolute atomic E-state index is 11.5. The van der Waals surface area contributed by atoms with E-state index in [4.69, 9.17) is 0 Å². The molecule has 0 heterocycles. The highest BCUT2D eigenvalue weighted by Crippen LogP contribution is 2.39. The minimum absolute atomic E-state index is 0.0803. The Hall–Kier alpha value is -1.37. The fourth-order valence-corrected chi connectivity index (χ4v) is 2.26. The van der Waals surface area contributed by atoms with E-state index in [0.717, 1.165) is 0 Å². The Morgan fingerprint density at radius 3 is 2.53 bits per heavy atom. The van der Waals surface area contributed by atoms with Crippen molar-refractivity contribution in [3.8, 4) is 0 Å². The van der Waals surface area contributed by atoms with Gasteiger partial charge in [-0.1, -0.05) is 42.3 Å². The third-order valence-electron chi connectivity index (χ3n) is 3.43. The molecular formula is C14H16O. The lowest BCUT2D eigenvalue weighted by Gasteiger charge is -2.26. The summed E-state index contributed by atoms with van der Waals surface area (Å²) in [6, 6.07) is 8.44. The number of aryl methyl sites for hydroxylation is 1. The highest BCUT2D eigenvalue weighted by molar-refractivity contribution is 5.95. The van der Waals surface area contributed by atoms with Crippen molar-refractivity contribution in [1.82, 2.24) is 0 Å². The van der Waals surface area contributed by atoms with Crippen molar-refractivity contribution in [2.45, 2.75) is 32.6 Å². The van der Waals surface area contributed by atoms with E-state index >= 15 is 0 Å². The standard InChI is InChI=1S/C14H16O/c1-10-5-4-6-12(7-10)14(3)9-13(15)8-11(14)2/h4-8H,9H2,1-3H3/t14-/m0/s1. The Bertz CT molecular complexity index is 442. The second kappa shape index (κ2) is 3.34. The fourth-order valence-electron chi connectivity index (χ4n) is 2.26. The maximum Gasteiger partial charge on any atom is 0.156 e. The van der Waals surface area contributed by atoms with Gasteiger partial charge in [0, 0.05) is 11.8 Å². The van der Waals surface area contributed by atoms with E-state index in [9.17, 15) is 4.79 Å². The third kappa shape index (κ3) is 1.63. The number of hydrogen-bond acceptors (Lipinski definition) is 1. The number of carbonyl (C=O) groups is 1. The van der Waals surface area contributed by atoms with Crippen LogP contribution in [0.1, 0.15) is 31.4 Å². The minimum atomic E-state index is -0.0803. The van der Waals surface area contributed by atoms with Gasteiger partial charge in [-0.3, -0.25) is 4.79 Å². The van der Waals surface area contributed by atoms with E-state index in [1.54, 1.807) is 6.08 Å². The van der Waals surface area contributed by atoms with Crippen molar-refractivity contribution in [3.63, 3.8) is 0 Å². The Kier molecular flexibility index (Phi) is 2.26. The van der Waals surface area contributed by atoms with Gasteiger partial charge in [-0.15, -0.1) is 0 Å². The highest BCUT2D eigenvalue weighted by atomic mass is 16.1. The molecule has 0 bridgehead atoms. The largest absolute Gasteiger partial charge is 0.295 e. The quantitative estimate of drug-likeness (QED) is 0.680. The van der Waals surface area contributed by atoms with Crippen LogP contribution in [0.5, 0.6) is 0 Å². The van der Waals surface area contributed by atoms with E-state index in [2.05, 4.69) is 38.1 Å². The molecule has 0 unspecified atom stereocenters. The highest BCUT2D eigenvalue weighted by Gasteiger charge is 2.35. The van der Waals surface area contributed by atoms with Crippen LogP contribution >= 0.6 is 0 Å². The van der Waals surface area contributed by atoms with Gasteiger partial charge in [-0.25, -0.2) is 0 Å². The lowest BCUT2D eigenvalue weighted by molar-refractivity contribution is -0.114. The Labute approximate surface area is 90.8 Å². The molecule has 1 aliphatic carbocycles. The van der Waals surface area contributed by atoms with Crippen LogP contribution in [0.3, 0.4) is 0 Å². The van der Waals surface area contributed by atoms with Crippen LogP contribution in [-0.2, 0) is 10.2 Å². The van der Waals surface area contributed by atoms with Crippen LogP contribution in [0.25, 0.3) is 0 Å². The number of rotatable bonds is 1. The molecule has 1 aromatic carbocycles. The van der Waals surface area contributed by atoms with Gasteiger partial charge in [0.05, 0.1) is 0 Å². The molecule has 0 fully saturated rings. The van der Waals surface area contributed by atoms with Crippen LogP contribution in [0.15, 0.2) is 35.9 Å². The number of ketones is 1. The van der Waals surface area contributed by atoms with Crippen LogP contribution in [0.2, 0.25) is 0 Å². The summed E-state index contributed by atoms with van der Waals surface area (Å²) < 4.78 is 0. The molecule has 0 amide bonds. The van der Waals surface area contributed by atoms with Gasteiger partial charge >= 0.3 is 0 Å². The molecule has 0 aromatic heterocycles. The first kappa shape index (κ1) is 10.2. The van der Waals surface area contributed by atoms with Gasteiger partial charge < -0.3 is 0 Å². The van der Waals surface area contributed by atoms with Crippen molar-refractivity contribution in [2.75, 3.05) is 0 Å². The predicted octanol–water partition coefficient (Wildman–Crippen LogP) is 3.17. The summed E-state index contributed by atoms with van der Waals surface area (Å²) in [5.74, 6) is 0.247. The van der Waals surface area contributed by atoms with Crippen LogP contribution in [-0.4, -0.2) is 5.78 Å². The van der Waals surface area contributed by atoms with Gasteiger partial charge in [-0.2, -0.15) is 0 Å². The molecule has 0 radical (unpaired) electrons. The van der Waals surface area contributed by atoms with Gasteiger partial charge in [0.2, 0.25) is 0 Å². The number of hydrogen-bond donors (Lipinski definition) is 0. The molecule has 15 heavy (non-hydrogen) atoms. The van der Waals surface area contributed by atoms with Crippen molar-refractivity contribution in [2.24, 2.45) is 0 Å². The summed E-state index contributed by atoms with van der Waals surface area (Å²) in [7, 11) is 0. The summed E-state index contributed by atoms with van der Waals surface area (Å²) in [5, 5.41) is 0. The molecule has 1 atom stereocenters. The molecule has 0 aliphatic heterocycles. The zero-order valence-corrected chi connectivity index (χ0v) is 9.50. The molecule has 2 rings (SSSR count). The average molecular weight is 200 g/mol. The first-order valence-electron chi connectivity index (χ1n) is 5.31. The lowest BCUT2D eigenvalue weighted by atomic mass is 9.77. The van der Waals surface area contributed by atoms with Gasteiger partial charge in [0.25, 0.3) is 0 Å². The second-order valence-electron chi connectivity index (χ2n) is 4.67. The first-order valence-corrected chi connectivity index (χ1v) is 5.31.